The summed E-state index contributed by atoms with van der Waals surface area (Å²) in [6.07, 6.45) is 0.667. The van der Waals surface area contributed by atoms with Gasteiger partial charge >= 0.3 is 5.97 Å². The van der Waals surface area contributed by atoms with E-state index in [2.05, 4.69) is 5.32 Å². The summed E-state index contributed by atoms with van der Waals surface area (Å²) in [6, 6.07) is -0.00245. The van der Waals surface area contributed by atoms with E-state index < -0.39 is 11.9 Å². The number of piperidine rings is 1. The maximum absolute atomic E-state index is 10.8. The first-order chi connectivity index (χ1) is 5.09. The molecule has 1 fully saturated rings. The van der Waals surface area contributed by atoms with Gasteiger partial charge in [-0.3, -0.25) is 9.59 Å². The Hall–Kier alpha value is -1.06. The second-order valence-corrected chi connectivity index (χ2v) is 2.94. The minimum Gasteiger partial charge on any atom is -0.481 e. The Morgan fingerprint density at radius 1 is 1.73 bits per heavy atom. The molecule has 1 heterocycles. The lowest BCUT2D eigenvalue weighted by Crippen LogP contribution is -2.42. The summed E-state index contributed by atoms with van der Waals surface area (Å²) >= 11 is 0. The molecule has 4 nitrogen and oxygen atoms in total. The summed E-state index contributed by atoms with van der Waals surface area (Å²) in [4.78, 5) is 21.3. The van der Waals surface area contributed by atoms with E-state index in [4.69, 9.17) is 5.11 Å². The van der Waals surface area contributed by atoms with E-state index in [1.165, 1.54) is 0 Å². The highest BCUT2D eigenvalue weighted by molar-refractivity contribution is 5.83. The van der Waals surface area contributed by atoms with Gasteiger partial charge in [0.25, 0.3) is 0 Å². The standard InChI is InChI=1S/C7H11NO3/c1-4-2-5(7(10)11)3-6(9)8-4/h4-5H,2-3H2,1H3,(H,8,9)(H,10,11)/t4-,5-/m1/s1. The predicted octanol–water partition coefficient (Wildman–Crippen LogP) is -0.0143. The van der Waals surface area contributed by atoms with Crippen LogP contribution in [0.4, 0.5) is 0 Å². The van der Waals surface area contributed by atoms with Gasteiger partial charge in [-0.15, -0.1) is 0 Å². The number of aliphatic carboxylic acids is 1. The Bertz CT molecular complexity index is 190. The van der Waals surface area contributed by atoms with Gasteiger partial charge in [0.1, 0.15) is 0 Å². The molecule has 0 aromatic carbocycles. The van der Waals surface area contributed by atoms with Gasteiger partial charge in [0.2, 0.25) is 5.91 Å². The van der Waals surface area contributed by atoms with Crippen LogP contribution in [0.5, 0.6) is 0 Å². The molecular weight excluding hydrogens is 146 g/mol. The van der Waals surface area contributed by atoms with Crippen molar-refractivity contribution in [3.63, 3.8) is 0 Å². The first-order valence-electron chi connectivity index (χ1n) is 3.61. The number of rotatable bonds is 1. The Labute approximate surface area is 64.6 Å². The van der Waals surface area contributed by atoms with Gasteiger partial charge in [0.05, 0.1) is 5.92 Å². The highest BCUT2D eigenvalue weighted by atomic mass is 16.4. The molecule has 0 unspecified atom stereocenters. The third-order valence-corrected chi connectivity index (χ3v) is 1.83. The molecule has 0 bridgehead atoms. The number of hydrogen-bond acceptors (Lipinski definition) is 2. The minimum absolute atomic E-state index is 0.00245. The molecular formula is C7H11NO3. The maximum atomic E-state index is 10.8. The van der Waals surface area contributed by atoms with Crippen LogP contribution in [0.15, 0.2) is 0 Å². The zero-order valence-corrected chi connectivity index (χ0v) is 6.33. The monoisotopic (exact) mass is 157 g/mol. The number of carbonyl (C=O) groups is 2. The van der Waals surface area contributed by atoms with E-state index in [-0.39, 0.29) is 18.4 Å². The fraction of sp³-hybridized carbons (Fsp3) is 0.714. The predicted molar refractivity (Wildman–Crippen MR) is 38.0 cm³/mol. The molecule has 4 heteroatoms. The average Bonchev–Trinajstić information content (AvgIpc) is 1.85. The van der Waals surface area contributed by atoms with Crippen LogP contribution < -0.4 is 5.32 Å². The summed E-state index contributed by atoms with van der Waals surface area (Å²) in [5.41, 5.74) is 0. The van der Waals surface area contributed by atoms with Gasteiger partial charge in [-0.25, -0.2) is 0 Å². The van der Waals surface area contributed by atoms with Gasteiger partial charge < -0.3 is 10.4 Å². The zero-order chi connectivity index (χ0) is 8.43. The maximum Gasteiger partial charge on any atom is 0.307 e. The van der Waals surface area contributed by atoms with Crippen LogP contribution >= 0.6 is 0 Å². The number of carbonyl (C=O) groups excluding carboxylic acids is 1. The lowest BCUT2D eigenvalue weighted by atomic mass is 9.93. The number of carboxylic acids is 1. The molecule has 1 aliphatic heterocycles. The Kier molecular flexibility index (Phi) is 2.12. The van der Waals surface area contributed by atoms with Crippen LogP contribution in [-0.2, 0) is 9.59 Å². The van der Waals surface area contributed by atoms with E-state index in [1.54, 1.807) is 0 Å². The third-order valence-electron chi connectivity index (χ3n) is 1.83. The SMILES string of the molecule is C[C@@H]1C[C@@H](C(=O)O)CC(=O)N1. The second kappa shape index (κ2) is 2.90. The van der Waals surface area contributed by atoms with Crippen molar-refractivity contribution >= 4 is 11.9 Å². The van der Waals surface area contributed by atoms with Crippen molar-refractivity contribution in [2.24, 2.45) is 5.92 Å². The van der Waals surface area contributed by atoms with E-state index in [1.807, 2.05) is 6.92 Å². The molecule has 62 valence electrons. The van der Waals surface area contributed by atoms with Gasteiger partial charge in [-0.1, -0.05) is 0 Å². The average molecular weight is 157 g/mol. The Morgan fingerprint density at radius 3 is 2.82 bits per heavy atom. The fourth-order valence-corrected chi connectivity index (χ4v) is 1.31. The smallest absolute Gasteiger partial charge is 0.307 e. The Morgan fingerprint density at radius 2 is 2.36 bits per heavy atom. The molecule has 0 spiro atoms. The molecule has 0 radical (unpaired) electrons. The van der Waals surface area contributed by atoms with Crippen molar-refractivity contribution in [3.8, 4) is 0 Å². The molecule has 0 aromatic heterocycles. The minimum atomic E-state index is -0.869. The molecule has 1 aliphatic rings. The lowest BCUT2D eigenvalue weighted by Gasteiger charge is -2.24. The third kappa shape index (κ3) is 1.93. The normalized spacial score (nSPS) is 31.2. The molecule has 1 saturated heterocycles. The second-order valence-electron chi connectivity index (χ2n) is 2.94. The molecule has 2 N–H and O–H groups in total. The number of carboxylic acid groups (broad SMARTS) is 1. The van der Waals surface area contributed by atoms with Crippen LogP contribution in [0.1, 0.15) is 19.8 Å². The molecule has 1 rings (SSSR count). The molecule has 11 heavy (non-hydrogen) atoms. The van der Waals surface area contributed by atoms with Gasteiger partial charge in [-0.2, -0.15) is 0 Å². The fourth-order valence-electron chi connectivity index (χ4n) is 1.31. The first-order valence-corrected chi connectivity index (χ1v) is 3.61. The van der Waals surface area contributed by atoms with Gasteiger partial charge in [0.15, 0.2) is 0 Å². The summed E-state index contributed by atoms with van der Waals surface area (Å²) < 4.78 is 0. The number of hydrogen-bond donors (Lipinski definition) is 2. The van der Waals surface area contributed by atoms with Crippen LogP contribution in [0, 0.1) is 5.92 Å². The van der Waals surface area contributed by atoms with Crippen molar-refractivity contribution in [2.45, 2.75) is 25.8 Å². The van der Waals surface area contributed by atoms with E-state index in [0.717, 1.165) is 0 Å². The molecule has 0 aliphatic carbocycles. The quantitative estimate of drug-likeness (QED) is 0.562. The highest BCUT2D eigenvalue weighted by Crippen LogP contribution is 2.16. The van der Waals surface area contributed by atoms with Crippen LogP contribution in [-0.4, -0.2) is 23.0 Å². The van der Waals surface area contributed by atoms with Crippen LogP contribution in [0.25, 0.3) is 0 Å². The zero-order valence-electron chi connectivity index (χ0n) is 6.33. The summed E-state index contributed by atoms with van der Waals surface area (Å²) in [5, 5.41) is 11.3. The van der Waals surface area contributed by atoms with Crippen molar-refractivity contribution in [3.05, 3.63) is 0 Å². The van der Waals surface area contributed by atoms with Gasteiger partial charge in [-0.05, 0) is 13.3 Å². The van der Waals surface area contributed by atoms with Crippen LogP contribution in [0.2, 0.25) is 0 Å². The van der Waals surface area contributed by atoms with Crippen LogP contribution in [0.3, 0.4) is 0 Å². The number of amides is 1. The molecule has 1 amide bonds. The lowest BCUT2D eigenvalue weighted by molar-refractivity contribution is -0.146. The largest absolute Gasteiger partial charge is 0.481 e. The topological polar surface area (TPSA) is 66.4 Å². The summed E-state index contributed by atoms with van der Waals surface area (Å²) in [6.45, 7) is 1.81. The van der Waals surface area contributed by atoms with Crippen molar-refractivity contribution < 1.29 is 14.7 Å². The van der Waals surface area contributed by atoms with Crippen molar-refractivity contribution in [2.75, 3.05) is 0 Å². The Balaban J connectivity index is 2.56. The van der Waals surface area contributed by atoms with E-state index in [9.17, 15) is 9.59 Å². The molecule has 0 saturated carbocycles. The van der Waals surface area contributed by atoms with Crippen molar-refractivity contribution in [1.82, 2.24) is 5.32 Å². The van der Waals surface area contributed by atoms with Crippen molar-refractivity contribution in [1.29, 1.82) is 0 Å². The highest BCUT2D eigenvalue weighted by Gasteiger charge is 2.28. The summed E-state index contributed by atoms with van der Waals surface area (Å²) in [5.74, 6) is -1.51. The first kappa shape index (κ1) is 8.04. The van der Waals surface area contributed by atoms with E-state index >= 15 is 0 Å². The number of nitrogens with one attached hydrogen (secondary N) is 1. The van der Waals surface area contributed by atoms with E-state index in [0.29, 0.717) is 6.42 Å². The summed E-state index contributed by atoms with van der Waals surface area (Å²) in [7, 11) is 0. The molecule has 2 atom stereocenters. The van der Waals surface area contributed by atoms with Gasteiger partial charge in [0, 0.05) is 12.5 Å². The molecule has 0 aromatic rings.